The van der Waals surface area contributed by atoms with Crippen LogP contribution in [0.2, 0.25) is 0 Å². The van der Waals surface area contributed by atoms with Gasteiger partial charge in [-0.3, -0.25) is 14.3 Å². The Morgan fingerprint density at radius 3 is 2.62 bits per heavy atom. The molecule has 0 spiro atoms. The van der Waals surface area contributed by atoms with Crippen molar-refractivity contribution in [3.8, 4) is 5.75 Å². The Morgan fingerprint density at radius 2 is 1.97 bits per heavy atom. The maximum Gasteiger partial charge on any atom is 0.330 e. The number of aromatic amines is 1. The summed E-state index contributed by atoms with van der Waals surface area (Å²) >= 11 is 3.07. The molecule has 1 aliphatic heterocycles. The fourth-order valence-corrected chi connectivity index (χ4v) is 3.27. The zero-order valence-electron chi connectivity index (χ0n) is 15.5. The molecule has 1 fully saturated rings. The normalized spacial score (nSPS) is 24.3. The molecule has 0 unspecified atom stereocenters. The van der Waals surface area contributed by atoms with Crippen LogP contribution in [-0.4, -0.2) is 51.8 Å². The first kappa shape index (κ1) is 21.5. The smallest absolute Gasteiger partial charge is 0.330 e. The molecule has 1 aromatic heterocycles. The highest BCUT2D eigenvalue weighted by molar-refractivity contribution is 9.11. The number of nitrogens with zero attached hydrogens (tertiary/aromatic N) is 1. The molecule has 1 aromatic carbocycles. The molecule has 29 heavy (non-hydrogen) atoms. The van der Waals surface area contributed by atoms with Crippen LogP contribution < -0.4 is 16.0 Å². The predicted molar refractivity (Wildman–Crippen MR) is 108 cm³/mol. The first-order chi connectivity index (χ1) is 13.9. The van der Waals surface area contributed by atoms with Crippen LogP contribution in [0.3, 0.4) is 0 Å². The molecule has 0 bridgehead atoms. The van der Waals surface area contributed by atoms with E-state index >= 15 is 0 Å². The number of methoxy groups -OCH3 is 1. The third-order valence-corrected chi connectivity index (χ3v) is 4.82. The minimum absolute atomic E-state index is 0.00696. The van der Waals surface area contributed by atoms with Crippen LogP contribution in [0.25, 0.3) is 6.08 Å². The molecule has 156 valence electrons. The Bertz CT molecular complexity index is 970. The van der Waals surface area contributed by atoms with Crippen molar-refractivity contribution in [1.82, 2.24) is 9.55 Å². The van der Waals surface area contributed by atoms with Crippen LogP contribution in [-0.2, 0) is 16.1 Å². The van der Waals surface area contributed by atoms with Crippen molar-refractivity contribution >= 4 is 22.0 Å². The highest BCUT2D eigenvalue weighted by Gasteiger charge is 2.44. The van der Waals surface area contributed by atoms with Crippen molar-refractivity contribution in [3.05, 3.63) is 67.4 Å². The Morgan fingerprint density at radius 1 is 1.24 bits per heavy atom. The van der Waals surface area contributed by atoms with Gasteiger partial charge in [0.2, 0.25) is 0 Å². The largest absolute Gasteiger partial charge is 0.497 e. The van der Waals surface area contributed by atoms with Gasteiger partial charge < -0.3 is 24.4 Å². The zero-order valence-corrected chi connectivity index (χ0v) is 17.1. The Kier molecular flexibility index (Phi) is 7.04. The predicted octanol–water partition coefficient (Wildman–Crippen LogP) is 0.747. The van der Waals surface area contributed by atoms with Crippen molar-refractivity contribution in [1.29, 1.82) is 0 Å². The molecule has 2 aromatic rings. The number of ether oxygens (including phenoxy) is 3. The number of aliphatic hydroxyl groups is 2. The Balaban J connectivity index is 1.67. The summed E-state index contributed by atoms with van der Waals surface area (Å²) in [4.78, 5) is 27.6. The molecule has 10 heteroatoms. The van der Waals surface area contributed by atoms with E-state index in [1.54, 1.807) is 19.2 Å². The first-order valence-electron chi connectivity index (χ1n) is 8.79. The monoisotopic (exact) mass is 468 g/mol. The molecule has 1 aliphatic rings. The lowest BCUT2D eigenvalue weighted by Crippen LogP contribution is -2.38. The number of hydrogen-bond acceptors (Lipinski definition) is 7. The molecule has 2 heterocycles. The molecule has 0 saturated carbocycles. The molecule has 0 amide bonds. The molecular formula is C19H21BrN2O7. The minimum Gasteiger partial charge on any atom is -0.497 e. The van der Waals surface area contributed by atoms with E-state index in [0.29, 0.717) is 0 Å². The summed E-state index contributed by atoms with van der Waals surface area (Å²) in [5, 5.41) is 20.6. The van der Waals surface area contributed by atoms with Gasteiger partial charge in [0.25, 0.3) is 5.56 Å². The molecule has 9 nitrogen and oxygen atoms in total. The second kappa shape index (κ2) is 9.51. The number of benzene rings is 1. The van der Waals surface area contributed by atoms with E-state index in [-0.39, 0.29) is 18.8 Å². The maximum absolute atomic E-state index is 12.2. The van der Waals surface area contributed by atoms with E-state index < -0.39 is 35.8 Å². The number of halogens is 1. The SMILES string of the molecule is COc1ccc(COC[C@H]2O[C@@H](n3cc(/C=C/Br)c(=O)[nH]c3=O)[C@@H](O)[C@@H]2O)cc1. The van der Waals surface area contributed by atoms with E-state index in [9.17, 15) is 19.8 Å². The van der Waals surface area contributed by atoms with Crippen molar-refractivity contribution in [2.75, 3.05) is 13.7 Å². The fraction of sp³-hybridized carbons (Fsp3) is 0.368. The number of hydrogen-bond donors (Lipinski definition) is 3. The fourth-order valence-electron chi connectivity index (χ4n) is 2.99. The van der Waals surface area contributed by atoms with Crippen molar-refractivity contribution < 1.29 is 24.4 Å². The van der Waals surface area contributed by atoms with Gasteiger partial charge in [-0.05, 0) is 28.8 Å². The first-order valence-corrected chi connectivity index (χ1v) is 9.70. The van der Waals surface area contributed by atoms with Gasteiger partial charge in [0.05, 0.1) is 25.9 Å². The van der Waals surface area contributed by atoms with Gasteiger partial charge in [-0.2, -0.15) is 0 Å². The Labute approximate surface area is 174 Å². The summed E-state index contributed by atoms with van der Waals surface area (Å²) in [6.45, 7) is 0.281. The lowest BCUT2D eigenvalue weighted by atomic mass is 10.1. The number of rotatable bonds is 7. The lowest BCUT2D eigenvalue weighted by Gasteiger charge is -2.17. The van der Waals surface area contributed by atoms with Crippen LogP contribution in [0, 0.1) is 0 Å². The molecule has 4 atom stereocenters. The average Bonchev–Trinajstić information content (AvgIpc) is 2.99. The van der Waals surface area contributed by atoms with Crippen molar-refractivity contribution in [2.24, 2.45) is 0 Å². The van der Waals surface area contributed by atoms with E-state index in [0.717, 1.165) is 15.9 Å². The Hall–Kier alpha value is -2.24. The summed E-state index contributed by atoms with van der Waals surface area (Å²) in [5.41, 5.74) is -0.239. The lowest BCUT2D eigenvalue weighted by molar-refractivity contribution is -0.0711. The molecule has 3 N–H and O–H groups in total. The number of nitrogens with one attached hydrogen (secondary N) is 1. The summed E-state index contributed by atoms with van der Waals surface area (Å²) in [6, 6.07) is 7.31. The van der Waals surface area contributed by atoms with Gasteiger partial charge in [0, 0.05) is 6.20 Å². The molecule has 1 saturated heterocycles. The molecule has 3 rings (SSSR count). The second-order valence-corrected chi connectivity index (χ2v) is 6.98. The van der Waals surface area contributed by atoms with Gasteiger partial charge in [0.1, 0.15) is 24.1 Å². The van der Waals surface area contributed by atoms with Crippen molar-refractivity contribution in [2.45, 2.75) is 31.1 Å². The standard InChI is InChI=1S/C19H21BrN2O7/c1-27-13-4-2-11(3-5-13)9-28-10-14-15(23)16(24)18(29-14)22-8-12(6-7-20)17(25)21-19(22)26/h2-8,14-16,18,23-24H,9-10H2,1H3,(H,21,25,26)/b7-6+/t14-,15-,16+,18-/m1/s1. The number of H-pyrrole nitrogens is 1. The zero-order chi connectivity index (χ0) is 21.0. The van der Waals surface area contributed by atoms with Gasteiger partial charge in [-0.25, -0.2) is 4.79 Å². The second-order valence-electron chi connectivity index (χ2n) is 6.45. The van der Waals surface area contributed by atoms with Crippen LogP contribution in [0.5, 0.6) is 5.75 Å². The third-order valence-electron chi connectivity index (χ3n) is 4.56. The third kappa shape index (κ3) is 4.85. The number of aromatic nitrogens is 2. The van der Waals surface area contributed by atoms with E-state index in [1.165, 1.54) is 17.3 Å². The van der Waals surface area contributed by atoms with Crippen LogP contribution in [0.1, 0.15) is 17.4 Å². The summed E-state index contributed by atoms with van der Waals surface area (Å²) in [5.74, 6) is 0.731. The van der Waals surface area contributed by atoms with E-state index in [1.807, 2.05) is 12.1 Å². The topological polar surface area (TPSA) is 123 Å². The van der Waals surface area contributed by atoms with Gasteiger partial charge in [-0.15, -0.1) is 0 Å². The van der Waals surface area contributed by atoms with E-state index in [4.69, 9.17) is 14.2 Å². The van der Waals surface area contributed by atoms with Crippen LogP contribution in [0.4, 0.5) is 0 Å². The highest BCUT2D eigenvalue weighted by Crippen LogP contribution is 2.28. The molecular weight excluding hydrogens is 448 g/mol. The highest BCUT2D eigenvalue weighted by atomic mass is 79.9. The number of aliphatic hydroxyl groups excluding tert-OH is 2. The van der Waals surface area contributed by atoms with Gasteiger partial charge in [-0.1, -0.05) is 28.1 Å². The quantitative estimate of drug-likeness (QED) is 0.547. The van der Waals surface area contributed by atoms with Crippen LogP contribution >= 0.6 is 15.9 Å². The minimum atomic E-state index is -1.37. The summed E-state index contributed by atoms with van der Waals surface area (Å²) in [7, 11) is 1.58. The average molecular weight is 469 g/mol. The van der Waals surface area contributed by atoms with Crippen LogP contribution in [0.15, 0.2) is 45.0 Å². The van der Waals surface area contributed by atoms with Gasteiger partial charge >= 0.3 is 5.69 Å². The van der Waals surface area contributed by atoms with Crippen molar-refractivity contribution in [3.63, 3.8) is 0 Å². The molecule has 0 radical (unpaired) electrons. The maximum atomic E-state index is 12.2. The summed E-state index contributed by atoms with van der Waals surface area (Å²) < 4.78 is 17.4. The van der Waals surface area contributed by atoms with E-state index in [2.05, 4.69) is 20.9 Å². The molecule has 0 aliphatic carbocycles. The van der Waals surface area contributed by atoms with Gasteiger partial charge in [0.15, 0.2) is 6.23 Å². The summed E-state index contributed by atoms with van der Waals surface area (Å²) in [6.07, 6.45) is -1.92.